The molecule has 0 spiro atoms. The van der Waals surface area contributed by atoms with Gasteiger partial charge < -0.3 is 11.5 Å². The molecule has 0 amide bonds. The first-order chi connectivity index (χ1) is 24.2. The third kappa shape index (κ3) is 5.01. The first kappa shape index (κ1) is 30.2. The number of imidazole rings is 2. The van der Waals surface area contributed by atoms with E-state index in [4.69, 9.17) is 16.6 Å². The van der Waals surface area contributed by atoms with E-state index in [2.05, 4.69) is 103 Å². The summed E-state index contributed by atoms with van der Waals surface area (Å²) in [6.45, 7) is 8.75. The topological polar surface area (TPSA) is 174 Å². The molecule has 2 saturated carbocycles. The largest absolute Gasteiger partial charge is 0.381 e. The molecule has 4 N–H and O–H groups in total. The van der Waals surface area contributed by atoms with Gasteiger partial charge in [-0.05, 0) is 101 Å². The maximum absolute atomic E-state index is 5.89. The van der Waals surface area contributed by atoms with Gasteiger partial charge in [0.2, 0.25) is 0 Å². The van der Waals surface area contributed by atoms with E-state index in [1.54, 1.807) is 21.4 Å². The van der Waals surface area contributed by atoms with Crippen LogP contribution in [0.5, 0.6) is 0 Å². The summed E-state index contributed by atoms with van der Waals surface area (Å²) in [6.07, 6.45) is 15.8. The van der Waals surface area contributed by atoms with Crippen molar-refractivity contribution in [3.05, 3.63) is 72.8 Å². The van der Waals surface area contributed by atoms with E-state index < -0.39 is 0 Å². The second-order valence-electron chi connectivity index (χ2n) is 13.9. The van der Waals surface area contributed by atoms with Crippen LogP contribution in [0.25, 0.3) is 55.6 Å². The number of aryl methyl sites for hydroxylation is 2. The Bertz CT molecular complexity index is 2480. The van der Waals surface area contributed by atoms with Crippen molar-refractivity contribution < 1.29 is 0 Å². The number of anilines is 2. The van der Waals surface area contributed by atoms with Crippen LogP contribution >= 0.6 is 0 Å². The quantitative estimate of drug-likeness (QED) is 0.214. The Morgan fingerprint density at radius 3 is 1.82 bits per heavy atom. The van der Waals surface area contributed by atoms with Crippen LogP contribution in [0.3, 0.4) is 0 Å². The van der Waals surface area contributed by atoms with E-state index in [1.807, 2.05) is 6.20 Å². The lowest BCUT2D eigenvalue weighted by atomic mass is 10.1. The second kappa shape index (κ2) is 11.3. The van der Waals surface area contributed by atoms with Gasteiger partial charge in [-0.25, -0.2) is 29.0 Å². The standard InChI is InChI=1S/2C18H19N7/c1-10-5-13(15-7-20-18-17(19)21-9-22-25(15)18)6-14-8-24(23-16(10)14)11(2)12-3-4-12;1-10-5-13(15-8-20-18-17(19)21-9-23-25(15)18)6-14-7-22-24(16(10)14)11(2)12-3-4-12/h5-9,11-12H,3-4H2,1-2H3,(H2,19,21,22);5-9,11-12H,3-4H2,1-2H3,(H2,19,21,23). The van der Waals surface area contributed by atoms with Gasteiger partial charge >= 0.3 is 0 Å². The van der Waals surface area contributed by atoms with Crippen LogP contribution in [0, 0.1) is 25.7 Å². The van der Waals surface area contributed by atoms with Crippen LogP contribution in [-0.4, -0.2) is 58.7 Å². The van der Waals surface area contributed by atoms with Crippen LogP contribution in [0.4, 0.5) is 11.6 Å². The van der Waals surface area contributed by atoms with Gasteiger partial charge in [-0.2, -0.15) is 20.4 Å². The molecule has 0 aliphatic heterocycles. The van der Waals surface area contributed by atoms with Crippen molar-refractivity contribution in [1.29, 1.82) is 0 Å². The molecule has 2 aliphatic rings. The third-order valence-corrected chi connectivity index (χ3v) is 10.4. The minimum absolute atomic E-state index is 0.380. The number of rotatable bonds is 6. The van der Waals surface area contributed by atoms with Gasteiger partial charge in [0.15, 0.2) is 22.9 Å². The molecule has 0 radical (unpaired) electrons. The highest BCUT2D eigenvalue weighted by Gasteiger charge is 2.31. The molecule has 6 heterocycles. The molecule has 2 aliphatic carbocycles. The molecular weight excluding hydrogens is 628 g/mol. The minimum atomic E-state index is 0.380. The van der Waals surface area contributed by atoms with Gasteiger partial charge in [0, 0.05) is 28.1 Å². The Balaban J connectivity index is 0.000000135. The number of hydrogen-bond acceptors (Lipinski definition) is 10. The summed E-state index contributed by atoms with van der Waals surface area (Å²) < 4.78 is 7.77. The zero-order valence-electron chi connectivity index (χ0n) is 28.4. The molecular formula is C36H38N14. The Labute approximate surface area is 287 Å². The summed E-state index contributed by atoms with van der Waals surface area (Å²) in [6, 6.07) is 9.50. The Kier molecular flexibility index (Phi) is 6.83. The highest BCUT2D eigenvalue weighted by molar-refractivity contribution is 5.88. The van der Waals surface area contributed by atoms with Crippen LogP contribution in [0.1, 0.15) is 62.7 Å². The molecule has 8 aromatic rings. The van der Waals surface area contributed by atoms with E-state index in [1.165, 1.54) is 49.4 Å². The zero-order chi connectivity index (χ0) is 34.3. The van der Waals surface area contributed by atoms with Gasteiger partial charge in [0.1, 0.15) is 12.7 Å². The molecule has 14 heteroatoms. The highest BCUT2D eigenvalue weighted by Crippen LogP contribution is 2.42. The Morgan fingerprint density at radius 2 is 1.22 bits per heavy atom. The number of benzene rings is 2. The lowest BCUT2D eigenvalue weighted by Gasteiger charge is -2.14. The molecule has 2 fully saturated rings. The molecule has 252 valence electrons. The van der Waals surface area contributed by atoms with Gasteiger partial charge in [0.05, 0.1) is 53.1 Å². The summed E-state index contributed by atoms with van der Waals surface area (Å²) in [7, 11) is 0. The molecule has 14 nitrogen and oxygen atoms in total. The summed E-state index contributed by atoms with van der Waals surface area (Å²) in [5.41, 5.74) is 21.5. The van der Waals surface area contributed by atoms with E-state index in [9.17, 15) is 0 Å². The Morgan fingerprint density at radius 1 is 0.660 bits per heavy atom. The predicted molar refractivity (Wildman–Crippen MR) is 192 cm³/mol. The number of aromatic nitrogens is 12. The van der Waals surface area contributed by atoms with Crippen molar-refractivity contribution in [3.8, 4) is 22.5 Å². The number of hydrogen-bond donors (Lipinski definition) is 2. The SMILES string of the molecule is Cc1cc(-c2cnc3c(N)ncnn23)cc2cn(C(C)C3CC3)nc12.Cc1cc(-c2cnc3c(N)ncnn23)cc2cnn(C(C)C3CC3)c12. The van der Waals surface area contributed by atoms with Crippen LogP contribution in [-0.2, 0) is 0 Å². The minimum Gasteiger partial charge on any atom is -0.381 e. The molecule has 2 atom stereocenters. The lowest BCUT2D eigenvalue weighted by molar-refractivity contribution is 0.443. The third-order valence-electron chi connectivity index (χ3n) is 10.4. The van der Waals surface area contributed by atoms with Crippen LogP contribution in [0.15, 0.2) is 61.7 Å². The van der Waals surface area contributed by atoms with Crippen molar-refractivity contribution >= 4 is 44.7 Å². The number of nitrogens with two attached hydrogens (primary N) is 2. The van der Waals surface area contributed by atoms with E-state index in [-0.39, 0.29) is 0 Å². The highest BCUT2D eigenvalue weighted by atomic mass is 15.3. The smallest absolute Gasteiger partial charge is 0.197 e. The van der Waals surface area contributed by atoms with Crippen molar-refractivity contribution in [1.82, 2.24) is 58.7 Å². The second-order valence-corrected chi connectivity index (χ2v) is 13.9. The molecule has 6 aromatic heterocycles. The average molecular weight is 667 g/mol. The first-order valence-electron chi connectivity index (χ1n) is 17.1. The van der Waals surface area contributed by atoms with Crippen LogP contribution < -0.4 is 11.5 Å². The molecule has 10 rings (SSSR count). The van der Waals surface area contributed by atoms with Gasteiger partial charge in [-0.1, -0.05) is 0 Å². The van der Waals surface area contributed by atoms with Gasteiger partial charge in [0.25, 0.3) is 0 Å². The predicted octanol–water partition coefficient (Wildman–Crippen LogP) is 6.01. The monoisotopic (exact) mass is 666 g/mol. The number of nitrogen functional groups attached to an aromatic ring is 2. The summed E-state index contributed by atoms with van der Waals surface area (Å²) in [5.74, 6) is 2.29. The van der Waals surface area contributed by atoms with E-state index in [0.29, 0.717) is 35.0 Å². The van der Waals surface area contributed by atoms with Crippen molar-refractivity contribution in [2.24, 2.45) is 11.8 Å². The van der Waals surface area contributed by atoms with Crippen LogP contribution in [0.2, 0.25) is 0 Å². The summed E-state index contributed by atoms with van der Waals surface area (Å²) in [4.78, 5) is 16.7. The molecule has 0 bridgehead atoms. The summed E-state index contributed by atoms with van der Waals surface area (Å²) >= 11 is 0. The number of nitrogens with zero attached hydrogens (tertiary/aromatic N) is 12. The zero-order valence-corrected chi connectivity index (χ0v) is 28.4. The van der Waals surface area contributed by atoms with E-state index >= 15 is 0 Å². The fourth-order valence-electron chi connectivity index (χ4n) is 7.18. The average Bonchev–Trinajstić information content (AvgIpc) is 3.93. The molecule has 2 aromatic carbocycles. The summed E-state index contributed by atoms with van der Waals surface area (Å²) in [5, 5.41) is 20.4. The molecule has 2 unspecified atom stereocenters. The fourth-order valence-corrected chi connectivity index (χ4v) is 7.18. The lowest BCUT2D eigenvalue weighted by Crippen LogP contribution is -2.09. The fraction of sp³-hybridized carbons (Fsp3) is 0.333. The molecule has 50 heavy (non-hydrogen) atoms. The van der Waals surface area contributed by atoms with Crippen molar-refractivity contribution in [3.63, 3.8) is 0 Å². The van der Waals surface area contributed by atoms with E-state index in [0.717, 1.165) is 56.2 Å². The van der Waals surface area contributed by atoms with Gasteiger partial charge in [-0.3, -0.25) is 9.36 Å². The number of fused-ring (bicyclic) bond motifs is 4. The van der Waals surface area contributed by atoms with Crippen molar-refractivity contribution in [2.75, 3.05) is 11.5 Å². The molecule has 0 saturated heterocycles. The maximum atomic E-state index is 5.89. The normalized spacial score (nSPS) is 15.9. The maximum Gasteiger partial charge on any atom is 0.197 e. The van der Waals surface area contributed by atoms with Gasteiger partial charge in [-0.15, -0.1) is 0 Å². The van der Waals surface area contributed by atoms with Crippen molar-refractivity contribution in [2.45, 2.75) is 65.5 Å². The first-order valence-corrected chi connectivity index (χ1v) is 17.1. The Hall–Kier alpha value is -5.92.